The van der Waals surface area contributed by atoms with E-state index in [0.717, 1.165) is 120 Å². The Morgan fingerprint density at radius 2 is 0.457 bits per heavy atom. The first kappa shape index (κ1) is 103. The van der Waals surface area contributed by atoms with Crippen molar-refractivity contribution in [3.8, 4) is 0 Å². The summed E-state index contributed by atoms with van der Waals surface area (Å²) in [6.07, 6.45) is 63.9. The van der Waals surface area contributed by atoms with Crippen LogP contribution in [0.15, 0.2) is 0 Å². The lowest BCUT2D eigenvalue weighted by Crippen LogP contribution is -2.30. The zero-order chi connectivity index (χ0) is 77.4. The number of carbonyl (C=O) groups excluding carboxylic acids is 4. The molecule has 0 saturated heterocycles. The smallest absolute Gasteiger partial charge is 0.462 e. The van der Waals surface area contributed by atoms with Gasteiger partial charge in [-0.2, -0.15) is 0 Å². The number of phosphoric acid groups is 2. The quantitative estimate of drug-likeness (QED) is 0.0222. The molecule has 0 aliphatic heterocycles. The SMILES string of the molecule is CCC(C)CCCCCCCCCCCCCCCCCCCCC(=O)OC[C@H](COP(=O)(O)OC[C@@H](O)COP(=O)(O)OC[C@@H](COC(=O)CCCCCCCCC(C)CC)OC(=O)CCCCCCCCCCCCCCCCCCC(C)C)OC(=O)CCCCCCCCCCCCCC(C)C. The molecule has 0 rings (SSSR count). The molecule has 0 aliphatic carbocycles. The molecule has 105 heavy (non-hydrogen) atoms. The molecule has 0 aromatic heterocycles. The van der Waals surface area contributed by atoms with Crippen LogP contribution < -0.4 is 0 Å². The van der Waals surface area contributed by atoms with Gasteiger partial charge in [0.2, 0.25) is 0 Å². The van der Waals surface area contributed by atoms with E-state index in [9.17, 15) is 43.2 Å². The lowest BCUT2D eigenvalue weighted by atomic mass is 9.99. The monoisotopic (exact) mass is 1540 g/mol. The molecule has 3 N–H and O–H groups in total. The number of rotatable bonds is 83. The third kappa shape index (κ3) is 77.2. The Kier molecular flexibility index (Phi) is 73.4. The summed E-state index contributed by atoms with van der Waals surface area (Å²) >= 11 is 0. The van der Waals surface area contributed by atoms with Gasteiger partial charge in [0.25, 0.3) is 0 Å². The van der Waals surface area contributed by atoms with Crippen molar-refractivity contribution < 1.29 is 80.2 Å². The Labute approximate surface area is 645 Å². The summed E-state index contributed by atoms with van der Waals surface area (Å²) in [5, 5.41) is 10.7. The minimum Gasteiger partial charge on any atom is -0.462 e. The molecule has 17 nitrogen and oxygen atoms in total. The zero-order valence-electron chi connectivity index (χ0n) is 69.4. The summed E-state index contributed by atoms with van der Waals surface area (Å²) in [5.74, 6) is 1.07. The van der Waals surface area contributed by atoms with Crippen LogP contribution in [0.5, 0.6) is 0 Å². The van der Waals surface area contributed by atoms with Crippen molar-refractivity contribution in [3.63, 3.8) is 0 Å². The van der Waals surface area contributed by atoms with Crippen molar-refractivity contribution in [2.24, 2.45) is 23.7 Å². The average Bonchev–Trinajstić information content (AvgIpc) is 0.908. The van der Waals surface area contributed by atoms with E-state index in [2.05, 4.69) is 55.4 Å². The number of hydrogen-bond donors (Lipinski definition) is 3. The number of phosphoric ester groups is 2. The molecule has 0 aromatic rings. The molecule has 624 valence electrons. The number of esters is 4. The van der Waals surface area contributed by atoms with Gasteiger partial charge in [0.1, 0.15) is 19.3 Å². The summed E-state index contributed by atoms with van der Waals surface area (Å²) < 4.78 is 68.9. The molecule has 19 heteroatoms. The normalized spacial score (nSPS) is 14.4. The highest BCUT2D eigenvalue weighted by atomic mass is 31.2. The van der Waals surface area contributed by atoms with Crippen molar-refractivity contribution in [2.45, 2.75) is 465 Å². The number of unbranched alkanes of at least 4 members (excludes halogenated alkanes) is 47. The first-order valence-corrected chi connectivity index (χ1v) is 47.3. The Morgan fingerprint density at radius 1 is 0.267 bits per heavy atom. The topological polar surface area (TPSA) is 237 Å². The highest BCUT2D eigenvalue weighted by Gasteiger charge is 2.31. The molecule has 0 heterocycles. The fourth-order valence-corrected chi connectivity index (χ4v) is 14.8. The third-order valence-electron chi connectivity index (χ3n) is 20.8. The standard InChI is InChI=1S/C86H168O17P2/c1-9-78(7)64-56-48-40-34-28-22-18-13-11-12-14-19-23-29-35-41-50-58-66-83(88)96-72-81(102-86(91)69-61-53-43-37-31-25-27-33-39-47-55-63-77(5)6)74-100-104(92,93)98-70-80(87)71-99-105(94,95)101-75-82(73-97-84(89)67-59-51-45-44-49-57-65-79(8)10-2)103-85(90)68-60-52-42-36-30-24-20-16-15-17-21-26-32-38-46-54-62-76(3)4/h76-82,87H,9-75H2,1-8H3,(H,92,93)(H,94,95)/t78?,79?,80-,81-,82-/m1/s1. The fraction of sp³-hybridized carbons (Fsp3) is 0.953. The van der Waals surface area contributed by atoms with Gasteiger partial charge in [0.05, 0.1) is 26.4 Å². The summed E-state index contributed by atoms with van der Waals surface area (Å²) in [7, 11) is -9.93. The molecular formula is C86H168O17P2. The number of aliphatic hydroxyl groups excluding tert-OH is 1. The van der Waals surface area contributed by atoms with Crippen LogP contribution in [0.4, 0.5) is 0 Å². The minimum atomic E-state index is -4.97. The number of ether oxygens (including phenoxy) is 4. The Bertz CT molecular complexity index is 2050. The van der Waals surface area contributed by atoms with Gasteiger partial charge < -0.3 is 33.8 Å². The molecule has 7 atom stereocenters. The van der Waals surface area contributed by atoms with Gasteiger partial charge in [-0.15, -0.1) is 0 Å². The molecule has 0 amide bonds. The Hall–Kier alpha value is -1.94. The first-order chi connectivity index (χ1) is 50.7. The van der Waals surface area contributed by atoms with Crippen molar-refractivity contribution in [1.82, 2.24) is 0 Å². The molecule has 0 saturated carbocycles. The van der Waals surface area contributed by atoms with E-state index >= 15 is 0 Å². The second kappa shape index (κ2) is 74.8. The van der Waals surface area contributed by atoms with Gasteiger partial charge in [-0.1, -0.05) is 396 Å². The molecule has 0 bridgehead atoms. The summed E-state index contributed by atoms with van der Waals surface area (Å²) in [5.41, 5.74) is 0. The van der Waals surface area contributed by atoms with E-state index in [1.165, 1.54) is 244 Å². The van der Waals surface area contributed by atoms with Crippen LogP contribution in [0.25, 0.3) is 0 Å². The molecule has 0 aliphatic rings. The summed E-state index contributed by atoms with van der Waals surface area (Å²) in [6, 6.07) is 0. The van der Waals surface area contributed by atoms with Gasteiger partial charge in [-0.25, -0.2) is 9.13 Å². The minimum absolute atomic E-state index is 0.107. The second-order valence-electron chi connectivity index (χ2n) is 32.4. The number of hydrogen-bond acceptors (Lipinski definition) is 15. The van der Waals surface area contributed by atoms with Gasteiger partial charge >= 0.3 is 39.5 Å². The van der Waals surface area contributed by atoms with Gasteiger partial charge in [-0.05, 0) is 49.4 Å². The fourth-order valence-electron chi connectivity index (χ4n) is 13.3. The van der Waals surface area contributed by atoms with E-state index in [1.807, 2.05) is 0 Å². The van der Waals surface area contributed by atoms with Crippen molar-refractivity contribution in [2.75, 3.05) is 39.6 Å². The summed E-state index contributed by atoms with van der Waals surface area (Å²) in [4.78, 5) is 73.2. The maximum atomic E-state index is 13.1. The zero-order valence-corrected chi connectivity index (χ0v) is 71.2. The number of aliphatic hydroxyl groups is 1. The highest BCUT2D eigenvalue weighted by molar-refractivity contribution is 7.47. The van der Waals surface area contributed by atoms with Crippen LogP contribution in [0.1, 0.15) is 447 Å². The predicted molar refractivity (Wildman–Crippen MR) is 432 cm³/mol. The van der Waals surface area contributed by atoms with E-state index in [4.69, 9.17) is 37.0 Å². The lowest BCUT2D eigenvalue weighted by molar-refractivity contribution is -0.161. The van der Waals surface area contributed by atoms with Gasteiger partial charge in [0, 0.05) is 25.7 Å². The van der Waals surface area contributed by atoms with Crippen LogP contribution in [-0.2, 0) is 65.4 Å². The maximum Gasteiger partial charge on any atom is 0.472 e. The third-order valence-corrected chi connectivity index (χ3v) is 22.7. The molecule has 4 unspecified atom stereocenters. The van der Waals surface area contributed by atoms with E-state index in [0.29, 0.717) is 25.7 Å². The van der Waals surface area contributed by atoms with Gasteiger partial charge in [-0.3, -0.25) is 37.3 Å². The molecule has 0 spiro atoms. The van der Waals surface area contributed by atoms with E-state index in [1.54, 1.807) is 0 Å². The first-order valence-electron chi connectivity index (χ1n) is 44.3. The van der Waals surface area contributed by atoms with Crippen LogP contribution in [0, 0.1) is 23.7 Å². The molecule has 0 radical (unpaired) electrons. The van der Waals surface area contributed by atoms with Crippen LogP contribution in [-0.4, -0.2) is 96.7 Å². The number of carbonyl (C=O) groups is 4. The van der Waals surface area contributed by atoms with Crippen LogP contribution in [0.3, 0.4) is 0 Å². The second-order valence-corrected chi connectivity index (χ2v) is 35.3. The summed E-state index contributed by atoms with van der Waals surface area (Å²) in [6.45, 7) is 14.3. The van der Waals surface area contributed by atoms with Crippen LogP contribution in [0.2, 0.25) is 0 Å². The molecule has 0 aromatic carbocycles. The van der Waals surface area contributed by atoms with Gasteiger partial charge in [0.15, 0.2) is 12.2 Å². The Balaban J connectivity index is 5.19. The van der Waals surface area contributed by atoms with E-state index in [-0.39, 0.29) is 25.7 Å². The predicted octanol–water partition coefficient (Wildman–Crippen LogP) is 25.9. The largest absolute Gasteiger partial charge is 0.472 e. The van der Waals surface area contributed by atoms with Crippen molar-refractivity contribution >= 4 is 39.5 Å². The lowest BCUT2D eigenvalue weighted by Gasteiger charge is -2.21. The maximum absolute atomic E-state index is 13.1. The van der Waals surface area contributed by atoms with Crippen molar-refractivity contribution in [1.29, 1.82) is 0 Å². The Morgan fingerprint density at radius 3 is 0.676 bits per heavy atom. The van der Waals surface area contributed by atoms with Crippen molar-refractivity contribution in [3.05, 3.63) is 0 Å². The van der Waals surface area contributed by atoms with Crippen LogP contribution >= 0.6 is 15.6 Å². The van der Waals surface area contributed by atoms with E-state index < -0.39 is 97.5 Å². The average molecular weight is 1540 g/mol. The molecule has 0 fully saturated rings. The highest BCUT2D eigenvalue weighted by Crippen LogP contribution is 2.45. The molecular weight excluding hydrogens is 1370 g/mol.